The Morgan fingerprint density at radius 1 is 1.21 bits per heavy atom. The third-order valence-electron chi connectivity index (χ3n) is 4.78. The van der Waals surface area contributed by atoms with Crippen LogP contribution in [0.5, 0.6) is 0 Å². The van der Waals surface area contributed by atoms with E-state index in [2.05, 4.69) is 5.32 Å². The van der Waals surface area contributed by atoms with E-state index in [0.29, 0.717) is 5.54 Å². The molecule has 14 heavy (non-hydrogen) atoms. The summed E-state index contributed by atoms with van der Waals surface area (Å²) in [4.78, 5) is 0. The summed E-state index contributed by atoms with van der Waals surface area (Å²) in [5.41, 5.74) is 6.35. The van der Waals surface area contributed by atoms with E-state index in [1.807, 2.05) is 0 Å². The quantitative estimate of drug-likeness (QED) is 0.712. The van der Waals surface area contributed by atoms with E-state index in [9.17, 15) is 0 Å². The molecule has 3 fully saturated rings. The number of nitrogens with two attached hydrogens (primary N) is 1. The topological polar surface area (TPSA) is 38.0 Å². The molecule has 0 spiro atoms. The summed E-state index contributed by atoms with van der Waals surface area (Å²) in [5.74, 6) is 2.88. The van der Waals surface area contributed by atoms with Gasteiger partial charge in [0.15, 0.2) is 0 Å². The van der Waals surface area contributed by atoms with Gasteiger partial charge in [0.1, 0.15) is 0 Å². The maximum atomic E-state index is 6.00. The van der Waals surface area contributed by atoms with Gasteiger partial charge in [0.25, 0.3) is 0 Å². The van der Waals surface area contributed by atoms with Crippen LogP contribution >= 0.6 is 0 Å². The van der Waals surface area contributed by atoms with Crippen LogP contribution in [0.15, 0.2) is 0 Å². The number of fused-ring (bicyclic) bond motifs is 2. The molecule has 0 amide bonds. The second-order valence-electron chi connectivity index (χ2n) is 5.76. The summed E-state index contributed by atoms with van der Waals surface area (Å²) in [6, 6.07) is 0. The van der Waals surface area contributed by atoms with Crippen molar-refractivity contribution in [2.24, 2.45) is 23.5 Å². The molecular formula is C12H22N2. The van der Waals surface area contributed by atoms with Crippen LogP contribution < -0.4 is 11.1 Å². The van der Waals surface area contributed by atoms with E-state index in [1.54, 1.807) is 0 Å². The molecule has 2 nitrogen and oxygen atoms in total. The Morgan fingerprint density at radius 2 is 2.07 bits per heavy atom. The predicted octanol–water partition coefficient (Wildman–Crippen LogP) is 1.50. The summed E-state index contributed by atoms with van der Waals surface area (Å²) >= 11 is 0. The zero-order valence-corrected chi connectivity index (χ0v) is 8.97. The Morgan fingerprint density at radius 3 is 2.57 bits per heavy atom. The standard InChI is InChI=1S/C12H22N2/c13-8-12(14-7-9-1-2-9)6-10-3-4-11(12)5-10/h9-11,14H,1-8,13H2. The van der Waals surface area contributed by atoms with Gasteiger partial charge in [-0.3, -0.25) is 0 Å². The van der Waals surface area contributed by atoms with Crippen molar-refractivity contribution in [3.63, 3.8) is 0 Å². The molecule has 2 bridgehead atoms. The molecule has 0 aromatic heterocycles. The maximum absolute atomic E-state index is 6.00. The average Bonchev–Trinajstić information content (AvgIpc) is 2.84. The fourth-order valence-electron chi connectivity index (χ4n) is 3.65. The lowest BCUT2D eigenvalue weighted by molar-refractivity contribution is 0.214. The van der Waals surface area contributed by atoms with Crippen molar-refractivity contribution in [2.75, 3.05) is 13.1 Å². The largest absolute Gasteiger partial charge is 0.329 e. The van der Waals surface area contributed by atoms with Gasteiger partial charge in [0.05, 0.1) is 0 Å². The second-order valence-corrected chi connectivity index (χ2v) is 5.76. The van der Waals surface area contributed by atoms with Crippen molar-refractivity contribution in [3.8, 4) is 0 Å². The number of nitrogens with one attached hydrogen (secondary N) is 1. The highest BCUT2D eigenvalue weighted by Crippen LogP contribution is 2.50. The van der Waals surface area contributed by atoms with Crippen molar-refractivity contribution >= 4 is 0 Å². The minimum absolute atomic E-state index is 0.353. The van der Waals surface area contributed by atoms with Crippen LogP contribution in [-0.2, 0) is 0 Å². The van der Waals surface area contributed by atoms with Gasteiger partial charge in [-0.05, 0) is 56.4 Å². The normalized spacial score (nSPS) is 46.1. The Bertz CT molecular complexity index is 224. The minimum atomic E-state index is 0.353. The molecule has 0 heterocycles. The molecule has 2 heteroatoms. The van der Waals surface area contributed by atoms with E-state index in [4.69, 9.17) is 5.73 Å². The van der Waals surface area contributed by atoms with Gasteiger partial charge in [-0.15, -0.1) is 0 Å². The van der Waals surface area contributed by atoms with E-state index in [-0.39, 0.29) is 0 Å². The Balaban J connectivity index is 1.64. The van der Waals surface area contributed by atoms with Crippen LogP contribution in [0.25, 0.3) is 0 Å². The molecule has 3 atom stereocenters. The molecule has 0 aromatic carbocycles. The Hall–Kier alpha value is -0.0800. The van der Waals surface area contributed by atoms with Crippen molar-refractivity contribution in [1.82, 2.24) is 5.32 Å². The SMILES string of the molecule is NCC1(NCC2CC2)CC2CCC1C2. The fourth-order valence-corrected chi connectivity index (χ4v) is 3.65. The predicted molar refractivity (Wildman–Crippen MR) is 58.0 cm³/mol. The van der Waals surface area contributed by atoms with Crippen molar-refractivity contribution in [1.29, 1.82) is 0 Å². The summed E-state index contributed by atoms with van der Waals surface area (Å²) < 4.78 is 0. The molecule has 3 rings (SSSR count). The highest BCUT2D eigenvalue weighted by Gasteiger charge is 2.50. The lowest BCUT2D eigenvalue weighted by atomic mass is 9.81. The van der Waals surface area contributed by atoms with E-state index >= 15 is 0 Å². The van der Waals surface area contributed by atoms with Crippen molar-refractivity contribution < 1.29 is 0 Å². The number of hydrogen-bond donors (Lipinski definition) is 2. The average molecular weight is 194 g/mol. The number of rotatable bonds is 4. The summed E-state index contributed by atoms with van der Waals surface area (Å²) in [7, 11) is 0. The molecule has 0 aromatic rings. The van der Waals surface area contributed by atoms with Crippen LogP contribution in [-0.4, -0.2) is 18.6 Å². The summed E-state index contributed by atoms with van der Waals surface area (Å²) in [5, 5.41) is 3.81. The van der Waals surface area contributed by atoms with Crippen molar-refractivity contribution in [3.05, 3.63) is 0 Å². The highest BCUT2D eigenvalue weighted by atomic mass is 15.0. The first-order valence-electron chi connectivity index (χ1n) is 6.27. The van der Waals surface area contributed by atoms with Crippen LogP contribution in [0.1, 0.15) is 38.5 Å². The monoisotopic (exact) mass is 194 g/mol. The van der Waals surface area contributed by atoms with Gasteiger partial charge >= 0.3 is 0 Å². The summed E-state index contributed by atoms with van der Waals surface area (Å²) in [6.45, 7) is 2.10. The van der Waals surface area contributed by atoms with Crippen LogP contribution in [0, 0.1) is 17.8 Å². The van der Waals surface area contributed by atoms with Crippen LogP contribution in [0.2, 0.25) is 0 Å². The first-order valence-corrected chi connectivity index (χ1v) is 6.27. The molecular weight excluding hydrogens is 172 g/mol. The third kappa shape index (κ3) is 1.40. The summed E-state index contributed by atoms with van der Waals surface area (Å²) in [6.07, 6.45) is 8.61. The maximum Gasteiger partial charge on any atom is 0.0335 e. The smallest absolute Gasteiger partial charge is 0.0335 e. The van der Waals surface area contributed by atoms with E-state index in [0.717, 1.165) is 24.3 Å². The zero-order valence-electron chi connectivity index (χ0n) is 8.97. The Kier molecular flexibility index (Phi) is 2.10. The molecule has 3 aliphatic carbocycles. The minimum Gasteiger partial charge on any atom is -0.329 e. The second kappa shape index (κ2) is 3.21. The number of hydrogen-bond acceptors (Lipinski definition) is 2. The molecule has 3 saturated carbocycles. The van der Waals surface area contributed by atoms with Gasteiger partial charge in [-0.25, -0.2) is 0 Å². The molecule has 3 unspecified atom stereocenters. The molecule has 3 N–H and O–H groups in total. The first-order chi connectivity index (χ1) is 6.82. The highest BCUT2D eigenvalue weighted by molar-refractivity contribution is 5.07. The van der Waals surface area contributed by atoms with Crippen LogP contribution in [0.4, 0.5) is 0 Å². The van der Waals surface area contributed by atoms with Gasteiger partial charge < -0.3 is 11.1 Å². The van der Waals surface area contributed by atoms with Gasteiger partial charge in [0.2, 0.25) is 0 Å². The zero-order chi connectivity index (χ0) is 9.60. The fraction of sp³-hybridized carbons (Fsp3) is 1.00. The molecule has 3 aliphatic rings. The lowest BCUT2D eigenvalue weighted by Crippen LogP contribution is -2.55. The first kappa shape index (κ1) is 9.17. The Labute approximate surface area is 86.6 Å². The van der Waals surface area contributed by atoms with E-state index in [1.165, 1.54) is 45.1 Å². The van der Waals surface area contributed by atoms with Crippen LogP contribution in [0.3, 0.4) is 0 Å². The lowest BCUT2D eigenvalue weighted by Gasteiger charge is -2.38. The molecule has 80 valence electrons. The molecule has 0 saturated heterocycles. The van der Waals surface area contributed by atoms with E-state index < -0.39 is 0 Å². The third-order valence-corrected chi connectivity index (χ3v) is 4.78. The van der Waals surface area contributed by atoms with Gasteiger partial charge in [0, 0.05) is 12.1 Å². The van der Waals surface area contributed by atoms with Gasteiger partial charge in [-0.2, -0.15) is 0 Å². The van der Waals surface area contributed by atoms with Gasteiger partial charge in [-0.1, -0.05) is 6.42 Å². The molecule has 0 radical (unpaired) electrons. The molecule has 0 aliphatic heterocycles. The van der Waals surface area contributed by atoms with Crippen molar-refractivity contribution in [2.45, 2.75) is 44.1 Å².